The smallest absolute Gasteiger partial charge is 0.415 e. The first-order valence-corrected chi connectivity index (χ1v) is 8.81. The molecule has 1 aromatic heterocycles. The van der Waals surface area contributed by atoms with E-state index >= 15 is 0 Å². The molecule has 0 atom stereocenters. The minimum atomic E-state index is -0.564. The summed E-state index contributed by atoms with van der Waals surface area (Å²) in [5.41, 5.74) is 14.2. The van der Waals surface area contributed by atoms with Gasteiger partial charge in [0, 0.05) is 0 Å². The van der Waals surface area contributed by atoms with Crippen molar-refractivity contribution in [2.24, 2.45) is 0 Å². The molecule has 2 aromatic rings. The molecule has 8 nitrogen and oxygen atoms in total. The highest BCUT2D eigenvalue weighted by Crippen LogP contribution is 2.29. The number of carbonyl (C=O) groups is 1. The van der Waals surface area contributed by atoms with Crippen molar-refractivity contribution in [2.45, 2.75) is 26.3 Å². The maximum Gasteiger partial charge on any atom is 0.415 e. The monoisotopic (exact) mass is 369 g/mol. The van der Waals surface area contributed by atoms with Gasteiger partial charge < -0.3 is 20.9 Å². The molecular formula is C19H23N5O3. The quantitative estimate of drug-likeness (QED) is 0.742. The zero-order chi connectivity index (χ0) is 19.2. The lowest BCUT2D eigenvalue weighted by Crippen LogP contribution is -2.33. The molecule has 0 fully saturated rings. The molecule has 0 unspecified atom stereocenters. The second-order valence-electron chi connectivity index (χ2n) is 6.05. The van der Waals surface area contributed by atoms with Crippen LogP contribution in [0.2, 0.25) is 0 Å². The van der Waals surface area contributed by atoms with E-state index in [0.717, 1.165) is 17.5 Å². The second-order valence-corrected chi connectivity index (χ2v) is 6.05. The van der Waals surface area contributed by atoms with E-state index in [2.05, 4.69) is 16.0 Å². The van der Waals surface area contributed by atoms with Gasteiger partial charge in [0.2, 0.25) is 0 Å². The van der Waals surface area contributed by atoms with Crippen LogP contribution in [0.4, 0.5) is 22.1 Å². The molecule has 1 aromatic carbocycles. The minimum Gasteiger partial charge on any atom is -0.463 e. The number of allylic oxidation sites excluding steroid dienone is 1. The number of amides is 1. The van der Waals surface area contributed by atoms with Gasteiger partial charge in [0.25, 0.3) is 0 Å². The Labute approximate surface area is 157 Å². The van der Waals surface area contributed by atoms with Crippen LogP contribution in [0.3, 0.4) is 0 Å². The van der Waals surface area contributed by atoms with Gasteiger partial charge >= 0.3 is 12.1 Å². The number of fused-ring (bicyclic) bond motifs is 4. The Kier molecular flexibility index (Phi) is 5.75. The summed E-state index contributed by atoms with van der Waals surface area (Å²) in [6.45, 7) is 2.58. The van der Waals surface area contributed by atoms with Gasteiger partial charge in [-0.3, -0.25) is 4.90 Å². The Morgan fingerprint density at radius 3 is 2.89 bits per heavy atom. The molecule has 1 aliphatic heterocycles. The Hall–Kier alpha value is -3.29. The van der Waals surface area contributed by atoms with Gasteiger partial charge in [-0.05, 0) is 30.9 Å². The Morgan fingerprint density at radius 2 is 2.07 bits per heavy atom. The van der Waals surface area contributed by atoms with Gasteiger partial charge in [0.05, 0.1) is 19.8 Å². The summed E-state index contributed by atoms with van der Waals surface area (Å²) in [4.78, 5) is 22.3. The molecule has 1 aliphatic rings. The van der Waals surface area contributed by atoms with E-state index in [4.69, 9.17) is 20.9 Å². The summed E-state index contributed by atoms with van der Waals surface area (Å²) in [6.07, 6.45) is 5.06. The molecule has 1 amide bonds. The first-order valence-electron chi connectivity index (χ1n) is 8.81. The third kappa shape index (κ3) is 4.46. The van der Waals surface area contributed by atoms with Crippen molar-refractivity contribution in [1.82, 2.24) is 9.97 Å². The van der Waals surface area contributed by atoms with E-state index in [1.165, 1.54) is 4.90 Å². The highest BCUT2D eigenvalue weighted by Gasteiger charge is 2.24. The van der Waals surface area contributed by atoms with E-state index in [1.54, 1.807) is 6.92 Å². The van der Waals surface area contributed by atoms with Gasteiger partial charge in [0.1, 0.15) is 5.69 Å². The van der Waals surface area contributed by atoms with Gasteiger partial charge in [-0.1, -0.05) is 36.4 Å². The number of nitrogens with zero attached hydrogens (tertiary/aromatic N) is 3. The number of nitrogens with two attached hydrogens (primary N) is 2. The van der Waals surface area contributed by atoms with Crippen LogP contribution in [0.1, 0.15) is 24.5 Å². The lowest BCUT2D eigenvalue weighted by molar-refractivity contribution is 0.159. The summed E-state index contributed by atoms with van der Waals surface area (Å²) in [5, 5.41) is 0. The molecule has 4 N–H and O–H groups in total. The van der Waals surface area contributed by atoms with Gasteiger partial charge in [-0.25, -0.2) is 4.79 Å². The lowest BCUT2D eigenvalue weighted by atomic mass is 10.1. The molecule has 142 valence electrons. The summed E-state index contributed by atoms with van der Waals surface area (Å²) in [7, 11) is 0. The SMILES string of the molecule is CCOC(=O)N1Cc2cccc(c2)C/C=C\CCOc2nc(N)c(N)c1n2. The van der Waals surface area contributed by atoms with Crippen LogP contribution in [0.25, 0.3) is 0 Å². The van der Waals surface area contributed by atoms with Crippen molar-refractivity contribution >= 4 is 23.4 Å². The van der Waals surface area contributed by atoms with E-state index in [1.807, 2.05) is 30.3 Å². The van der Waals surface area contributed by atoms with Crippen LogP contribution in [0.5, 0.6) is 6.01 Å². The second kappa shape index (κ2) is 8.39. The van der Waals surface area contributed by atoms with Crippen molar-refractivity contribution in [2.75, 3.05) is 29.6 Å². The predicted molar refractivity (Wildman–Crippen MR) is 103 cm³/mol. The highest BCUT2D eigenvalue weighted by molar-refractivity contribution is 5.92. The predicted octanol–water partition coefficient (Wildman–Crippen LogP) is 2.69. The molecule has 3 rings (SSSR count). The van der Waals surface area contributed by atoms with E-state index < -0.39 is 6.09 Å². The zero-order valence-electron chi connectivity index (χ0n) is 15.2. The average molecular weight is 369 g/mol. The number of nitrogen functional groups attached to an aromatic ring is 2. The van der Waals surface area contributed by atoms with E-state index in [-0.39, 0.29) is 36.5 Å². The van der Waals surface area contributed by atoms with Crippen LogP contribution in [0, 0.1) is 0 Å². The topological polar surface area (TPSA) is 117 Å². The number of ether oxygens (including phenoxy) is 2. The number of rotatable bonds is 1. The Balaban J connectivity index is 2.08. The van der Waals surface area contributed by atoms with Gasteiger partial charge in [-0.2, -0.15) is 9.97 Å². The molecule has 27 heavy (non-hydrogen) atoms. The fraction of sp³-hybridized carbons (Fsp3) is 0.316. The molecule has 8 heteroatoms. The summed E-state index contributed by atoms with van der Waals surface area (Å²) >= 11 is 0. The van der Waals surface area contributed by atoms with Crippen LogP contribution >= 0.6 is 0 Å². The van der Waals surface area contributed by atoms with Crippen molar-refractivity contribution in [3.63, 3.8) is 0 Å². The number of aromatic nitrogens is 2. The average Bonchev–Trinajstić information content (AvgIpc) is 2.65. The number of benzene rings is 1. The fourth-order valence-electron chi connectivity index (χ4n) is 2.74. The Bertz CT molecular complexity index is 853. The summed E-state index contributed by atoms with van der Waals surface area (Å²) in [6, 6.07) is 8.05. The lowest BCUT2D eigenvalue weighted by Gasteiger charge is -2.23. The highest BCUT2D eigenvalue weighted by atomic mass is 16.6. The van der Waals surface area contributed by atoms with E-state index in [0.29, 0.717) is 13.0 Å². The number of hydrogen-bond acceptors (Lipinski definition) is 7. The molecule has 4 bridgehead atoms. The van der Waals surface area contributed by atoms with Crippen LogP contribution in [0.15, 0.2) is 36.4 Å². The van der Waals surface area contributed by atoms with Crippen LogP contribution in [-0.2, 0) is 17.7 Å². The van der Waals surface area contributed by atoms with Crippen LogP contribution < -0.4 is 21.1 Å². The summed E-state index contributed by atoms with van der Waals surface area (Å²) in [5.74, 6) is 0.231. The maximum absolute atomic E-state index is 12.6. The zero-order valence-corrected chi connectivity index (χ0v) is 15.2. The maximum atomic E-state index is 12.6. The van der Waals surface area contributed by atoms with Gasteiger partial charge in [-0.15, -0.1) is 0 Å². The Morgan fingerprint density at radius 1 is 1.26 bits per heavy atom. The molecule has 0 radical (unpaired) electrons. The first kappa shape index (κ1) is 18.5. The van der Waals surface area contributed by atoms with Gasteiger partial charge in [0.15, 0.2) is 11.6 Å². The number of carbonyl (C=O) groups excluding carboxylic acids is 1. The third-order valence-electron chi connectivity index (χ3n) is 4.05. The van der Waals surface area contributed by atoms with Crippen molar-refractivity contribution < 1.29 is 14.3 Å². The number of anilines is 3. The van der Waals surface area contributed by atoms with Crippen molar-refractivity contribution in [3.05, 3.63) is 47.5 Å². The molecule has 0 spiro atoms. The molecule has 2 heterocycles. The molecule has 0 saturated heterocycles. The fourth-order valence-corrected chi connectivity index (χ4v) is 2.74. The first-order chi connectivity index (χ1) is 13.1. The van der Waals surface area contributed by atoms with E-state index in [9.17, 15) is 4.79 Å². The van der Waals surface area contributed by atoms with Crippen molar-refractivity contribution in [3.8, 4) is 6.01 Å². The molecule has 0 saturated carbocycles. The molecular weight excluding hydrogens is 346 g/mol. The normalized spacial score (nSPS) is 15.4. The van der Waals surface area contributed by atoms with Crippen molar-refractivity contribution in [1.29, 1.82) is 0 Å². The minimum absolute atomic E-state index is 0.0562. The third-order valence-corrected chi connectivity index (χ3v) is 4.05. The van der Waals surface area contributed by atoms with Crippen LogP contribution in [-0.4, -0.2) is 29.3 Å². The number of hydrogen-bond donors (Lipinski definition) is 2. The largest absolute Gasteiger partial charge is 0.463 e. The molecule has 0 aliphatic carbocycles. The standard InChI is InChI=1S/C19H23N5O3/c1-2-26-19(25)24-12-14-9-6-8-13(11-14)7-4-3-5-10-27-18-22-16(21)15(20)17(24)23-18/h3-4,6,8-9,11H,2,5,7,10,12,20H2,1H3,(H2,21,22,23)/b4-3-. The summed E-state index contributed by atoms with van der Waals surface area (Å²) < 4.78 is 10.8.